The summed E-state index contributed by atoms with van der Waals surface area (Å²) in [5.41, 5.74) is -1.84. The fraction of sp³-hybridized carbons (Fsp3) is 0.474. The number of hydrogen-bond donors (Lipinski definition) is 3. The first-order valence-corrected chi connectivity index (χ1v) is 21.5. The van der Waals surface area contributed by atoms with Gasteiger partial charge >= 0.3 is 0 Å². The largest absolute Gasteiger partial charge is 0.494 e. The third kappa shape index (κ3) is 8.17. The molecular formula is C38H47ClN6O9S2. The van der Waals surface area contributed by atoms with Crippen molar-refractivity contribution in [3.8, 4) is 11.6 Å². The summed E-state index contributed by atoms with van der Waals surface area (Å²) in [5, 5.41) is 7.06. The van der Waals surface area contributed by atoms with Gasteiger partial charge in [0.25, 0.3) is 5.91 Å². The minimum Gasteiger partial charge on any atom is -0.494 e. The number of aromatic nitrogens is 1. The van der Waals surface area contributed by atoms with E-state index in [9.17, 15) is 31.2 Å². The molecule has 0 bridgehead atoms. The van der Waals surface area contributed by atoms with E-state index in [1.165, 1.54) is 50.5 Å². The maximum Gasteiger partial charge on any atom is 0.259 e. The topological polar surface area (TPSA) is 193 Å². The average molecular weight is 831 g/mol. The third-order valence-corrected chi connectivity index (χ3v) is 14.3. The van der Waals surface area contributed by atoms with Gasteiger partial charge in [-0.3, -0.25) is 19.1 Å². The Kier molecular flexibility index (Phi) is 11.1. The predicted molar refractivity (Wildman–Crippen MR) is 211 cm³/mol. The molecule has 0 spiro atoms. The summed E-state index contributed by atoms with van der Waals surface area (Å²) >= 11 is 6.35. The number of pyridine rings is 1. The van der Waals surface area contributed by atoms with E-state index in [2.05, 4.69) is 26.9 Å². The molecule has 1 aliphatic heterocycles. The highest BCUT2D eigenvalue weighted by Crippen LogP contribution is 2.46. The van der Waals surface area contributed by atoms with Crippen molar-refractivity contribution in [2.24, 2.45) is 11.3 Å². The third-order valence-electron chi connectivity index (χ3n) is 10.4. The Morgan fingerprint density at radius 1 is 1.07 bits per heavy atom. The summed E-state index contributed by atoms with van der Waals surface area (Å²) in [7, 11) is -3.24. The second-order valence-corrected chi connectivity index (χ2v) is 20.3. The predicted octanol–water partition coefficient (Wildman–Crippen LogP) is 3.69. The second-order valence-electron chi connectivity index (χ2n) is 15.7. The molecule has 3 aliphatic rings. The van der Waals surface area contributed by atoms with Crippen LogP contribution in [0.3, 0.4) is 0 Å². The molecule has 5 atom stereocenters. The zero-order valence-electron chi connectivity index (χ0n) is 32.0. The number of rotatable bonds is 14. The van der Waals surface area contributed by atoms with E-state index in [1.807, 2.05) is 20.8 Å². The Morgan fingerprint density at radius 2 is 1.75 bits per heavy atom. The average Bonchev–Trinajstić information content (AvgIpc) is 4.07. The minimum atomic E-state index is -3.92. The molecular weight excluding hydrogens is 784 g/mol. The molecule has 2 heterocycles. The molecule has 0 radical (unpaired) electrons. The Hall–Kier alpha value is -4.45. The van der Waals surface area contributed by atoms with Crippen LogP contribution < -0.4 is 24.8 Å². The molecule has 2 saturated carbocycles. The number of nitrogens with zero attached hydrogens (tertiary/aromatic N) is 3. The van der Waals surface area contributed by atoms with E-state index in [1.54, 1.807) is 30.3 Å². The van der Waals surface area contributed by atoms with E-state index < -0.39 is 78.1 Å². The van der Waals surface area contributed by atoms with Crippen LogP contribution in [0.2, 0.25) is 5.02 Å². The van der Waals surface area contributed by atoms with Gasteiger partial charge in [-0.2, -0.15) is 0 Å². The van der Waals surface area contributed by atoms with Crippen molar-refractivity contribution in [3.63, 3.8) is 0 Å². The number of likely N-dealkylation sites (tertiary alicyclic amines) is 1. The molecule has 3 fully saturated rings. The lowest BCUT2D eigenvalue weighted by Gasteiger charge is -2.36. The van der Waals surface area contributed by atoms with E-state index in [0.29, 0.717) is 40.1 Å². The van der Waals surface area contributed by atoms with Crippen LogP contribution >= 0.6 is 11.6 Å². The number of carbonyl (C=O) groups is 3. The molecule has 0 unspecified atom stereocenters. The Bertz CT molecular complexity index is 2280. The molecule has 18 heteroatoms. The SMILES string of the molecule is C=C[C@@H]1C[C@]1(NC(=O)[C@@H]1C[C@@H](Oc2ncc(OC)c3ccc(Cl)cc23)CN1C(=O)[C@@H](Nc1ccc(S(=O)(=O)N(C)C)cc1)C(C)(C)C)C(=O)NS(=O)(=O)C1CC1. The quantitative estimate of drug-likeness (QED) is 0.201. The molecule has 3 N–H and O–H groups in total. The van der Waals surface area contributed by atoms with Crippen LogP contribution in [0, 0.1) is 11.3 Å². The van der Waals surface area contributed by atoms with E-state index in [-0.39, 0.29) is 30.2 Å². The van der Waals surface area contributed by atoms with Crippen LogP contribution in [0.5, 0.6) is 11.6 Å². The van der Waals surface area contributed by atoms with Gasteiger partial charge in [-0.15, -0.1) is 6.58 Å². The van der Waals surface area contributed by atoms with Gasteiger partial charge in [0.2, 0.25) is 37.7 Å². The minimum absolute atomic E-state index is 0.00186. The van der Waals surface area contributed by atoms with Crippen LogP contribution in [-0.2, 0) is 34.4 Å². The first-order chi connectivity index (χ1) is 26.2. The van der Waals surface area contributed by atoms with E-state index in [4.69, 9.17) is 21.1 Å². The number of halogens is 1. The van der Waals surface area contributed by atoms with Crippen molar-refractivity contribution < 1.29 is 40.7 Å². The molecule has 302 valence electrons. The maximum absolute atomic E-state index is 14.8. The molecule has 1 saturated heterocycles. The van der Waals surface area contributed by atoms with Gasteiger partial charge in [0.15, 0.2) is 0 Å². The van der Waals surface area contributed by atoms with Gasteiger partial charge in [-0.25, -0.2) is 26.1 Å². The number of ether oxygens (including phenoxy) is 2. The first kappa shape index (κ1) is 41.2. The highest BCUT2D eigenvalue weighted by atomic mass is 35.5. The van der Waals surface area contributed by atoms with Gasteiger partial charge in [-0.05, 0) is 67.1 Å². The Morgan fingerprint density at radius 3 is 2.32 bits per heavy atom. The molecule has 15 nitrogen and oxygen atoms in total. The highest BCUT2D eigenvalue weighted by molar-refractivity contribution is 7.91. The highest BCUT2D eigenvalue weighted by Gasteiger charge is 2.62. The lowest BCUT2D eigenvalue weighted by Crippen LogP contribution is -2.58. The molecule has 6 rings (SSSR count). The number of nitrogens with one attached hydrogen (secondary N) is 3. The molecule has 3 amide bonds. The van der Waals surface area contributed by atoms with Gasteiger partial charge < -0.3 is 25.0 Å². The van der Waals surface area contributed by atoms with Crippen molar-refractivity contribution in [3.05, 3.63) is 66.3 Å². The van der Waals surface area contributed by atoms with Crippen LogP contribution in [0.25, 0.3) is 10.8 Å². The number of amides is 3. The van der Waals surface area contributed by atoms with Gasteiger partial charge in [0, 0.05) is 47.9 Å². The standard InChI is InChI=1S/C38H47ClN6O9S2/c1-8-22-19-38(22,36(48)43-55(49,50)26-14-15-26)42-33(46)30-18-25(54-34-29-17-23(39)9-16-28(29)31(53-7)20-40-34)21-45(30)35(47)32(37(2,3)4)41-24-10-12-27(13-11-24)56(51,52)44(5)6/h8-13,16-17,20,22,25-26,30,32,41H,1,14-15,18-19,21H2,2-7H3,(H,42,46)(H,43,48)/t22-,25-,30+,32-,38-/m1/s1. The monoisotopic (exact) mass is 830 g/mol. The molecule has 2 aliphatic carbocycles. The van der Waals surface area contributed by atoms with Gasteiger partial charge in [0.05, 0.1) is 30.0 Å². The lowest BCUT2D eigenvalue weighted by molar-refractivity contribution is -0.141. The van der Waals surface area contributed by atoms with E-state index in [0.717, 1.165) is 4.31 Å². The normalized spacial score (nSPS) is 23.0. The molecule has 3 aromatic rings. The van der Waals surface area contributed by atoms with Crippen molar-refractivity contribution in [1.82, 2.24) is 24.2 Å². The fourth-order valence-electron chi connectivity index (χ4n) is 6.89. The first-order valence-electron chi connectivity index (χ1n) is 18.1. The summed E-state index contributed by atoms with van der Waals surface area (Å²) in [6, 6.07) is 9.07. The zero-order chi connectivity index (χ0) is 41.0. The fourth-order valence-corrected chi connectivity index (χ4v) is 9.33. The number of hydrogen-bond acceptors (Lipinski definition) is 11. The number of sulfonamides is 2. The zero-order valence-corrected chi connectivity index (χ0v) is 34.4. The number of methoxy groups -OCH3 is 1. The number of carbonyl (C=O) groups excluding carboxylic acids is 3. The van der Waals surface area contributed by atoms with Crippen molar-refractivity contribution in [1.29, 1.82) is 0 Å². The number of fused-ring (bicyclic) bond motifs is 1. The van der Waals surface area contributed by atoms with Crippen LogP contribution in [0.4, 0.5) is 5.69 Å². The summed E-state index contributed by atoms with van der Waals surface area (Å²) in [6.45, 7) is 9.27. The van der Waals surface area contributed by atoms with Gasteiger partial charge in [0.1, 0.15) is 29.5 Å². The van der Waals surface area contributed by atoms with Crippen molar-refractivity contribution >= 4 is 65.8 Å². The number of anilines is 1. The lowest BCUT2D eigenvalue weighted by atomic mass is 9.85. The smallest absolute Gasteiger partial charge is 0.259 e. The summed E-state index contributed by atoms with van der Waals surface area (Å²) in [5.74, 6) is -1.84. The van der Waals surface area contributed by atoms with Crippen LogP contribution in [-0.4, -0.2) is 105 Å². The van der Waals surface area contributed by atoms with Crippen LogP contribution in [0.15, 0.2) is 66.2 Å². The van der Waals surface area contributed by atoms with Crippen molar-refractivity contribution in [2.75, 3.05) is 33.1 Å². The van der Waals surface area contributed by atoms with E-state index >= 15 is 0 Å². The summed E-state index contributed by atoms with van der Waals surface area (Å²) in [6.07, 6.45) is 3.25. The number of benzene rings is 2. The molecule has 1 aromatic heterocycles. The summed E-state index contributed by atoms with van der Waals surface area (Å²) < 4.78 is 66.0. The molecule has 56 heavy (non-hydrogen) atoms. The summed E-state index contributed by atoms with van der Waals surface area (Å²) in [4.78, 5) is 48.6. The van der Waals surface area contributed by atoms with Crippen molar-refractivity contribution in [2.45, 2.75) is 80.3 Å². The van der Waals surface area contributed by atoms with Crippen LogP contribution in [0.1, 0.15) is 46.5 Å². The maximum atomic E-state index is 14.8. The Labute approximate surface area is 332 Å². The van der Waals surface area contributed by atoms with Gasteiger partial charge in [-0.1, -0.05) is 38.4 Å². The molecule has 2 aromatic carbocycles. The Balaban J connectivity index is 1.32. The second kappa shape index (κ2) is 15.1.